The van der Waals surface area contributed by atoms with Gasteiger partial charge < -0.3 is 5.32 Å². The summed E-state index contributed by atoms with van der Waals surface area (Å²) in [5.74, 6) is 0.198. The van der Waals surface area contributed by atoms with Gasteiger partial charge in [0, 0.05) is 19.2 Å². The summed E-state index contributed by atoms with van der Waals surface area (Å²) in [6.45, 7) is 2.23. The summed E-state index contributed by atoms with van der Waals surface area (Å²) in [4.78, 5) is 12.3. The van der Waals surface area contributed by atoms with Crippen LogP contribution in [0.3, 0.4) is 0 Å². The minimum atomic E-state index is -3.88. The zero-order valence-corrected chi connectivity index (χ0v) is 15.5. The molecule has 0 atom stereocenters. The van der Waals surface area contributed by atoms with Crippen LogP contribution >= 0.6 is 0 Å². The van der Waals surface area contributed by atoms with Crippen LogP contribution in [0.15, 0.2) is 35.4 Å². The molecule has 1 N–H and O–H groups in total. The first-order valence-corrected chi connectivity index (χ1v) is 9.75. The molecule has 1 aromatic carbocycles. The summed E-state index contributed by atoms with van der Waals surface area (Å²) in [5.41, 5.74) is 0.822. The molecule has 0 unspecified atom stereocenters. The van der Waals surface area contributed by atoms with Gasteiger partial charge in [0.1, 0.15) is 11.6 Å². The largest absolute Gasteiger partial charge is 0.310 e. The van der Waals surface area contributed by atoms with Crippen molar-refractivity contribution in [1.82, 2.24) is 14.1 Å². The second-order valence-corrected chi connectivity index (χ2v) is 8.61. The lowest BCUT2D eigenvalue weighted by Crippen LogP contribution is -2.35. The molecule has 0 spiro atoms. The highest BCUT2D eigenvalue weighted by molar-refractivity contribution is 7.89. The van der Waals surface area contributed by atoms with E-state index in [-0.39, 0.29) is 11.4 Å². The predicted molar refractivity (Wildman–Crippen MR) is 94.5 cm³/mol. The Morgan fingerprint density at radius 2 is 2.00 bits per heavy atom. The molecule has 0 radical (unpaired) electrons. The number of hydrogen-bond donors (Lipinski definition) is 1. The second-order valence-electron chi connectivity index (χ2n) is 6.56. The maximum Gasteiger partial charge on any atom is 0.243 e. The maximum absolute atomic E-state index is 13.0. The van der Waals surface area contributed by atoms with Crippen molar-refractivity contribution in [3.63, 3.8) is 0 Å². The molecule has 1 fully saturated rings. The van der Waals surface area contributed by atoms with Crippen LogP contribution in [0.5, 0.6) is 0 Å². The van der Waals surface area contributed by atoms with Crippen LogP contribution in [-0.4, -0.2) is 42.0 Å². The highest BCUT2D eigenvalue weighted by atomic mass is 32.2. The first-order valence-electron chi connectivity index (χ1n) is 8.31. The van der Waals surface area contributed by atoms with E-state index in [2.05, 4.69) is 10.4 Å². The van der Waals surface area contributed by atoms with Gasteiger partial charge in [-0.15, -0.1) is 0 Å². The number of carbonyl (C=O) groups excluding carboxylic acids is 1. The van der Waals surface area contributed by atoms with Crippen LogP contribution in [0.4, 0.5) is 10.2 Å². The number of carbonyl (C=O) groups is 1. The smallest absolute Gasteiger partial charge is 0.243 e. The van der Waals surface area contributed by atoms with Crippen LogP contribution in [0.2, 0.25) is 0 Å². The van der Waals surface area contributed by atoms with Gasteiger partial charge in [-0.2, -0.15) is 9.40 Å². The van der Waals surface area contributed by atoms with Crippen LogP contribution in [0, 0.1) is 18.7 Å². The monoisotopic (exact) mass is 380 g/mol. The Labute approximate surface area is 151 Å². The molecule has 1 aliphatic rings. The fourth-order valence-electron chi connectivity index (χ4n) is 2.57. The highest BCUT2D eigenvalue weighted by Gasteiger charge is 2.26. The van der Waals surface area contributed by atoms with Gasteiger partial charge in [0.25, 0.3) is 0 Å². The molecule has 1 saturated carbocycles. The predicted octanol–water partition coefficient (Wildman–Crippen LogP) is 2.00. The van der Waals surface area contributed by atoms with E-state index in [0.29, 0.717) is 11.7 Å². The number of halogens is 1. The molecule has 9 heteroatoms. The molecule has 1 amide bonds. The fourth-order valence-corrected chi connectivity index (χ4v) is 3.70. The fraction of sp³-hybridized carbons (Fsp3) is 0.412. The van der Waals surface area contributed by atoms with Crippen LogP contribution in [0.1, 0.15) is 18.4 Å². The first-order chi connectivity index (χ1) is 12.3. The zero-order valence-electron chi connectivity index (χ0n) is 14.6. The number of anilines is 1. The minimum absolute atomic E-state index is 0.0656. The first kappa shape index (κ1) is 18.5. The number of benzene rings is 1. The van der Waals surface area contributed by atoms with E-state index in [4.69, 9.17) is 0 Å². The molecular weight excluding hydrogens is 359 g/mol. The van der Waals surface area contributed by atoms with Gasteiger partial charge in [0.05, 0.1) is 17.6 Å². The van der Waals surface area contributed by atoms with E-state index in [1.54, 1.807) is 10.9 Å². The number of nitrogens with one attached hydrogen (secondary N) is 1. The number of sulfonamides is 1. The van der Waals surface area contributed by atoms with E-state index < -0.39 is 21.7 Å². The summed E-state index contributed by atoms with van der Waals surface area (Å²) in [5, 5.41) is 7.02. The number of hydrogen-bond acceptors (Lipinski definition) is 4. The number of likely N-dealkylation sites (N-methyl/N-ethyl adjacent to an activating group) is 1. The van der Waals surface area contributed by atoms with Gasteiger partial charge in [-0.05, 0) is 49.9 Å². The van der Waals surface area contributed by atoms with Gasteiger partial charge in [-0.25, -0.2) is 17.5 Å². The Balaban J connectivity index is 1.67. The van der Waals surface area contributed by atoms with Gasteiger partial charge in [-0.3, -0.25) is 4.79 Å². The topological polar surface area (TPSA) is 84.3 Å². The molecule has 7 nitrogen and oxygen atoms in total. The molecule has 3 rings (SSSR count). The summed E-state index contributed by atoms with van der Waals surface area (Å²) < 4.78 is 40.6. The van der Waals surface area contributed by atoms with Crippen molar-refractivity contribution in [3.8, 4) is 0 Å². The summed E-state index contributed by atoms with van der Waals surface area (Å²) in [7, 11) is -2.56. The number of aromatic nitrogens is 2. The van der Waals surface area contributed by atoms with Crippen LogP contribution < -0.4 is 5.32 Å². The third-order valence-corrected chi connectivity index (χ3v) is 6.11. The Morgan fingerprint density at radius 3 is 2.62 bits per heavy atom. The normalized spacial score (nSPS) is 14.6. The Morgan fingerprint density at radius 1 is 1.35 bits per heavy atom. The molecule has 1 aliphatic carbocycles. The zero-order chi connectivity index (χ0) is 18.9. The third kappa shape index (κ3) is 4.10. The Kier molecular flexibility index (Phi) is 5.10. The number of rotatable bonds is 7. The van der Waals surface area contributed by atoms with Crippen molar-refractivity contribution in [2.24, 2.45) is 5.92 Å². The summed E-state index contributed by atoms with van der Waals surface area (Å²) in [6.07, 6.45) is 3.99. The lowest BCUT2D eigenvalue weighted by molar-refractivity contribution is -0.116. The average molecular weight is 380 g/mol. The molecule has 0 bridgehead atoms. The second kappa shape index (κ2) is 7.16. The summed E-state index contributed by atoms with van der Waals surface area (Å²) in [6, 6.07) is 4.49. The summed E-state index contributed by atoms with van der Waals surface area (Å²) >= 11 is 0. The van der Waals surface area contributed by atoms with Crippen LogP contribution in [0.25, 0.3) is 0 Å². The van der Waals surface area contributed by atoms with E-state index in [1.165, 1.54) is 19.2 Å². The number of amides is 1. The van der Waals surface area contributed by atoms with Crippen LogP contribution in [-0.2, 0) is 21.4 Å². The molecule has 1 heterocycles. The van der Waals surface area contributed by atoms with Gasteiger partial charge in [0.15, 0.2) is 0 Å². The van der Waals surface area contributed by atoms with Gasteiger partial charge in [0.2, 0.25) is 15.9 Å². The number of aryl methyl sites for hydroxylation is 1. The van der Waals surface area contributed by atoms with Crippen molar-refractivity contribution in [2.75, 3.05) is 18.9 Å². The highest BCUT2D eigenvalue weighted by Crippen LogP contribution is 2.31. The third-order valence-electron chi connectivity index (χ3n) is 4.30. The number of nitrogens with zero attached hydrogens (tertiary/aromatic N) is 3. The quantitative estimate of drug-likeness (QED) is 0.796. The molecule has 1 aromatic heterocycles. The van der Waals surface area contributed by atoms with Gasteiger partial charge >= 0.3 is 0 Å². The standard InChI is InChI=1S/C17H21FN4O3S/c1-12-9-19-22(10-13-3-4-13)17(12)20-16(23)11-21(2)26(24,25)15-7-5-14(18)6-8-15/h5-9,13H,3-4,10-11H2,1-2H3,(H,20,23). The molecule has 140 valence electrons. The Bertz CT molecular complexity index is 905. The maximum atomic E-state index is 13.0. The molecule has 26 heavy (non-hydrogen) atoms. The lowest BCUT2D eigenvalue weighted by atomic mass is 10.3. The molecule has 2 aromatic rings. The van der Waals surface area contributed by atoms with E-state index in [0.717, 1.165) is 41.4 Å². The van der Waals surface area contributed by atoms with Crippen molar-refractivity contribution in [1.29, 1.82) is 0 Å². The average Bonchev–Trinajstić information content (AvgIpc) is 3.34. The minimum Gasteiger partial charge on any atom is -0.310 e. The van der Waals surface area contributed by atoms with Gasteiger partial charge in [-0.1, -0.05) is 0 Å². The molecule has 0 saturated heterocycles. The van der Waals surface area contributed by atoms with Crippen molar-refractivity contribution in [3.05, 3.63) is 41.8 Å². The van der Waals surface area contributed by atoms with Crippen molar-refractivity contribution < 1.29 is 17.6 Å². The molecule has 0 aliphatic heterocycles. The SMILES string of the molecule is Cc1cnn(CC2CC2)c1NC(=O)CN(C)S(=O)(=O)c1ccc(F)cc1. The van der Waals surface area contributed by atoms with E-state index in [1.807, 2.05) is 6.92 Å². The lowest BCUT2D eigenvalue weighted by Gasteiger charge is -2.17. The molecular formula is C17H21FN4O3S. The van der Waals surface area contributed by atoms with E-state index in [9.17, 15) is 17.6 Å². The Hall–Kier alpha value is -2.26. The van der Waals surface area contributed by atoms with E-state index >= 15 is 0 Å². The van der Waals surface area contributed by atoms with Crippen molar-refractivity contribution in [2.45, 2.75) is 31.2 Å². The van der Waals surface area contributed by atoms with Crippen molar-refractivity contribution >= 4 is 21.7 Å².